The summed E-state index contributed by atoms with van der Waals surface area (Å²) in [6.45, 7) is 0. The van der Waals surface area contributed by atoms with Crippen LogP contribution in [0, 0.1) is 0 Å². The molecule has 0 aliphatic rings. The van der Waals surface area contributed by atoms with Crippen LogP contribution < -0.4 is 18.9 Å². The Morgan fingerprint density at radius 2 is 1.00 bits per heavy atom. The maximum atomic E-state index is 10.1. The molecule has 15 heavy (non-hydrogen) atoms. The molecule has 0 aromatic carbocycles. The van der Waals surface area contributed by atoms with Crippen molar-refractivity contribution in [2.45, 2.75) is 44.9 Å². The molecule has 0 fully saturated rings. The number of carboxylic acid groups (broad SMARTS) is 2. The fourth-order valence-electron chi connectivity index (χ4n) is 1.08. The van der Waals surface area contributed by atoms with E-state index in [2.05, 4.69) is 0 Å². The summed E-state index contributed by atoms with van der Waals surface area (Å²) in [5.41, 5.74) is 0. The zero-order valence-corrected chi connectivity index (χ0v) is 9.11. The molecular formula is C9H17LiO5. The van der Waals surface area contributed by atoms with Gasteiger partial charge in [-0.25, -0.2) is 0 Å². The van der Waals surface area contributed by atoms with E-state index in [0.29, 0.717) is 12.8 Å². The molecule has 0 heterocycles. The summed E-state index contributed by atoms with van der Waals surface area (Å²) in [5, 5.41) is 16.6. The zero-order chi connectivity index (χ0) is 10.1. The topological polar surface area (TPSA) is 105 Å². The largest absolute Gasteiger partial charge is 1.00 e. The summed E-state index contributed by atoms with van der Waals surface area (Å²) in [4.78, 5) is 20.2. The SMILES string of the molecule is O=C(O)CCCCCCCC(=O)O.[Li+].[OH-]. The molecule has 0 aromatic heterocycles. The number of rotatable bonds is 8. The molecule has 0 amide bonds. The molecular weight excluding hydrogens is 195 g/mol. The van der Waals surface area contributed by atoms with Crippen LogP contribution in [0.5, 0.6) is 0 Å². The van der Waals surface area contributed by atoms with Crippen LogP contribution >= 0.6 is 0 Å². The number of unbranched alkanes of at least 4 members (excludes halogenated alkanes) is 4. The van der Waals surface area contributed by atoms with Gasteiger partial charge in [-0.15, -0.1) is 0 Å². The molecule has 0 bridgehead atoms. The van der Waals surface area contributed by atoms with Gasteiger partial charge in [0.25, 0.3) is 0 Å². The summed E-state index contributed by atoms with van der Waals surface area (Å²) in [6.07, 6.45) is 4.53. The first-order valence-corrected chi connectivity index (χ1v) is 4.56. The summed E-state index contributed by atoms with van der Waals surface area (Å²) in [7, 11) is 0. The van der Waals surface area contributed by atoms with E-state index in [9.17, 15) is 9.59 Å². The predicted molar refractivity (Wildman–Crippen MR) is 49.5 cm³/mol. The molecule has 3 N–H and O–H groups in total. The van der Waals surface area contributed by atoms with E-state index >= 15 is 0 Å². The Hall–Kier alpha value is -0.503. The fourth-order valence-corrected chi connectivity index (χ4v) is 1.08. The van der Waals surface area contributed by atoms with E-state index in [0.717, 1.165) is 19.3 Å². The van der Waals surface area contributed by atoms with E-state index in [1.54, 1.807) is 0 Å². The van der Waals surface area contributed by atoms with E-state index < -0.39 is 11.9 Å². The zero-order valence-electron chi connectivity index (χ0n) is 9.11. The number of carboxylic acids is 2. The second-order valence-electron chi connectivity index (χ2n) is 3.06. The van der Waals surface area contributed by atoms with Crippen LogP contribution in [0.3, 0.4) is 0 Å². The molecule has 6 heteroatoms. The third-order valence-corrected chi connectivity index (χ3v) is 1.78. The molecule has 84 valence electrons. The average molecular weight is 212 g/mol. The molecule has 0 aliphatic heterocycles. The second kappa shape index (κ2) is 13.5. The van der Waals surface area contributed by atoms with Crippen molar-refractivity contribution in [3.8, 4) is 0 Å². The van der Waals surface area contributed by atoms with Gasteiger partial charge in [-0.1, -0.05) is 19.3 Å². The van der Waals surface area contributed by atoms with Crippen LogP contribution in [-0.2, 0) is 9.59 Å². The Bertz CT molecular complexity index is 154. The van der Waals surface area contributed by atoms with Gasteiger partial charge in [0, 0.05) is 12.8 Å². The van der Waals surface area contributed by atoms with Crippen molar-refractivity contribution in [3.05, 3.63) is 0 Å². The van der Waals surface area contributed by atoms with Crippen molar-refractivity contribution >= 4 is 11.9 Å². The van der Waals surface area contributed by atoms with Crippen LogP contribution in [0.2, 0.25) is 0 Å². The van der Waals surface area contributed by atoms with E-state index in [1.165, 1.54) is 0 Å². The van der Waals surface area contributed by atoms with Gasteiger partial charge in [-0.3, -0.25) is 9.59 Å². The quantitative estimate of drug-likeness (QED) is 0.385. The Morgan fingerprint density at radius 1 is 0.733 bits per heavy atom. The van der Waals surface area contributed by atoms with Crippen LogP contribution in [0.4, 0.5) is 0 Å². The van der Waals surface area contributed by atoms with Crippen LogP contribution in [-0.4, -0.2) is 27.6 Å². The summed E-state index contributed by atoms with van der Waals surface area (Å²) in [5.74, 6) is -1.52. The van der Waals surface area contributed by atoms with Gasteiger partial charge in [0.2, 0.25) is 0 Å². The normalized spacial score (nSPS) is 8.53. The maximum Gasteiger partial charge on any atom is 1.00 e. The minimum absolute atomic E-state index is 0. The van der Waals surface area contributed by atoms with Gasteiger partial charge in [-0.05, 0) is 12.8 Å². The molecule has 0 aliphatic carbocycles. The third kappa shape index (κ3) is 19.8. The number of hydrogen-bond acceptors (Lipinski definition) is 3. The Labute approximate surface area is 101 Å². The number of carbonyl (C=O) groups is 2. The predicted octanol–water partition coefficient (Wildman–Crippen LogP) is -1.29. The van der Waals surface area contributed by atoms with Gasteiger partial charge < -0.3 is 15.7 Å². The van der Waals surface area contributed by atoms with Gasteiger partial charge in [0.15, 0.2) is 0 Å². The van der Waals surface area contributed by atoms with E-state index in [4.69, 9.17) is 10.2 Å². The molecule has 0 aromatic rings. The molecule has 0 atom stereocenters. The number of aliphatic carboxylic acids is 2. The van der Waals surface area contributed by atoms with Crippen LogP contribution in [0.1, 0.15) is 44.9 Å². The summed E-state index contributed by atoms with van der Waals surface area (Å²) in [6, 6.07) is 0. The average Bonchev–Trinajstić information content (AvgIpc) is 2.01. The van der Waals surface area contributed by atoms with Crippen molar-refractivity contribution in [1.29, 1.82) is 0 Å². The minimum atomic E-state index is -0.759. The van der Waals surface area contributed by atoms with Crippen LogP contribution in [0.15, 0.2) is 0 Å². The van der Waals surface area contributed by atoms with E-state index in [1.807, 2.05) is 0 Å². The molecule has 5 nitrogen and oxygen atoms in total. The summed E-state index contributed by atoms with van der Waals surface area (Å²) >= 11 is 0. The fraction of sp³-hybridized carbons (Fsp3) is 0.778. The molecule has 0 saturated carbocycles. The van der Waals surface area contributed by atoms with Crippen molar-refractivity contribution in [1.82, 2.24) is 0 Å². The molecule has 0 radical (unpaired) electrons. The Morgan fingerprint density at radius 3 is 1.27 bits per heavy atom. The second-order valence-corrected chi connectivity index (χ2v) is 3.06. The van der Waals surface area contributed by atoms with Crippen molar-refractivity contribution in [2.24, 2.45) is 0 Å². The minimum Gasteiger partial charge on any atom is -0.870 e. The summed E-state index contributed by atoms with van der Waals surface area (Å²) < 4.78 is 0. The molecule has 0 unspecified atom stereocenters. The van der Waals surface area contributed by atoms with Gasteiger partial charge >= 0.3 is 30.8 Å². The monoisotopic (exact) mass is 212 g/mol. The first kappa shape index (κ1) is 20.0. The molecule has 0 rings (SSSR count). The first-order valence-electron chi connectivity index (χ1n) is 4.56. The van der Waals surface area contributed by atoms with Gasteiger partial charge in [0.05, 0.1) is 0 Å². The smallest absolute Gasteiger partial charge is 0.870 e. The first-order chi connectivity index (χ1) is 6.13. The molecule has 0 spiro atoms. The van der Waals surface area contributed by atoms with Crippen LogP contribution in [0.25, 0.3) is 0 Å². The van der Waals surface area contributed by atoms with Gasteiger partial charge in [0.1, 0.15) is 0 Å². The molecule has 0 saturated heterocycles. The van der Waals surface area contributed by atoms with E-state index in [-0.39, 0.29) is 37.2 Å². The Kier molecular flexibility index (Phi) is 18.0. The van der Waals surface area contributed by atoms with Crippen molar-refractivity contribution in [3.63, 3.8) is 0 Å². The standard InChI is InChI=1S/C9H16O4.Li.H2O/c10-8(11)6-4-2-1-3-5-7-9(12)13;;/h1-7H2,(H,10,11)(H,12,13);;1H2/q;+1;/p-1. The number of hydrogen-bond donors (Lipinski definition) is 2. The van der Waals surface area contributed by atoms with Crippen molar-refractivity contribution in [2.75, 3.05) is 0 Å². The third-order valence-electron chi connectivity index (χ3n) is 1.78. The maximum absolute atomic E-state index is 10.1. The Balaban J connectivity index is -0.000000720. The van der Waals surface area contributed by atoms with Crippen molar-refractivity contribution < 1.29 is 44.1 Å². The van der Waals surface area contributed by atoms with Gasteiger partial charge in [-0.2, -0.15) is 0 Å².